The Hall–Kier alpha value is -2.66. The molecule has 0 N–H and O–H groups in total. The molecule has 5 heteroatoms. The lowest BCUT2D eigenvalue weighted by atomic mass is 10.0. The summed E-state index contributed by atoms with van der Waals surface area (Å²) in [4.78, 5) is 15.2. The molecule has 1 saturated heterocycles. The Morgan fingerprint density at radius 3 is 2.79 bits per heavy atom. The summed E-state index contributed by atoms with van der Waals surface area (Å²) in [7, 11) is 0. The molecule has 142 valence electrons. The molecule has 1 fully saturated rings. The largest absolute Gasteiger partial charge is 0.454 e. The highest BCUT2D eigenvalue weighted by molar-refractivity contribution is 7.99. The first-order valence-electron chi connectivity index (χ1n) is 9.58. The fraction of sp³-hybridized carbons (Fsp3) is 0.261. The van der Waals surface area contributed by atoms with Crippen molar-refractivity contribution in [3.05, 3.63) is 71.8 Å². The first-order chi connectivity index (χ1) is 13.8. The predicted octanol–water partition coefficient (Wildman–Crippen LogP) is 4.89. The molecule has 2 aliphatic heterocycles. The zero-order valence-corrected chi connectivity index (χ0v) is 16.3. The van der Waals surface area contributed by atoms with E-state index < -0.39 is 0 Å². The second-order valence-corrected chi connectivity index (χ2v) is 8.39. The van der Waals surface area contributed by atoms with E-state index in [1.165, 1.54) is 5.56 Å². The van der Waals surface area contributed by atoms with Gasteiger partial charge in [-0.05, 0) is 41.0 Å². The molecular formula is C23H21NO3S. The van der Waals surface area contributed by atoms with Crippen LogP contribution in [0.15, 0.2) is 60.7 Å². The second-order valence-electron chi connectivity index (χ2n) is 7.08. The molecule has 2 aliphatic rings. The molecule has 1 atom stereocenters. The third-order valence-corrected chi connectivity index (χ3v) is 6.75. The molecule has 0 radical (unpaired) electrons. The van der Waals surface area contributed by atoms with E-state index in [1.807, 2.05) is 53.1 Å². The Morgan fingerprint density at radius 1 is 0.964 bits per heavy atom. The van der Waals surface area contributed by atoms with Crippen LogP contribution in [0.4, 0.5) is 0 Å². The van der Waals surface area contributed by atoms with Gasteiger partial charge in [0.25, 0.3) is 5.91 Å². The summed E-state index contributed by atoms with van der Waals surface area (Å²) in [5, 5.41) is 2.50. The van der Waals surface area contributed by atoms with Crippen LogP contribution in [0, 0.1) is 0 Å². The van der Waals surface area contributed by atoms with Gasteiger partial charge in [0.1, 0.15) is 0 Å². The maximum absolute atomic E-state index is 13.2. The van der Waals surface area contributed by atoms with Gasteiger partial charge >= 0.3 is 0 Å². The average Bonchev–Trinajstić information content (AvgIpc) is 3.07. The molecule has 0 bridgehead atoms. The topological polar surface area (TPSA) is 38.8 Å². The highest BCUT2D eigenvalue weighted by atomic mass is 32.2. The van der Waals surface area contributed by atoms with E-state index in [1.54, 1.807) is 0 Å². The lowest BCUT2D eigenvalue weighted by Gasteiger charge is -2.21. The third-order valence-electron chi connectivity index (χ3n) is 5.42. The summed E-state index contributed by atoms with van der Waals surface area (Å²) in [6, 6.07) is 20.3. The Morgan fingerprint density at radius 2 is 1.82 bits per heavy atom. The van der Waals surface area contributed by atoms with Crippen LogP contribution < -0.4 is 9.47 Å². The smallest absolute Gasteiger partial charge is 0.254 e. The number of nitrogens with zero attached hydrogens (tertiary/aromatic N) is 1. The summed E-state index contributed by atoms with van der Waals surface area (Å²) in [5.41, 5.74) is 2.04. The number of amides is 1. The van der Waals surface area contributed by atoms with E-state index in [-0.39, 0.29) is 5.91 Å². The van der Waals surface area contributed by atoms with E-state index in [0.29, 0.717) is 12.0 Å². The number of rotatable bonds is 2. The Labute approximate surface area is 168 Å². The quantitative estimate of drug-likeness (QED) is 0.624. The first-order valence-corrected chi connectivity index (χ1v) is 10.6. The van der Waals surface area contributed by atoms with Gasteiger partial charge in [-0.15, -0.1) is 0 Å². The van der Waals surface area contributed by atoms with Crippen molar-refractivity contribution in [2.75, 3.05) is 25.6 Å². The first kappa shape index (κ1) is 17.4. The van der Waals surface area contributed by atoms with Crippen molar-refractivity contribution in [2.24, 2.45) is 0 Å². The number of benzene rings is 3. The lowest BCUT2D eigenvalue weighted by Crippen LogP contribution is -2.33. The molecule has 0 saturated carbocycles. The van der Waals surface area contributed by atoms with Crippen molar-refractivity contribution in [1.82, 2.24) is 4.90 Å². The van der Waals surface area contributed by atoms with Crippen molar-refractivity contribution >= 4 is 28.4 Å². The van der Waals surface area contributed by atoms with Gasteiger partial charge in [0, 0.05) is 29.7 Å². The van der Waals surface area contributed by atoms with Gasteiger partial charge in [-0.25, -0.2) is 0 Å². The number of hydrogen-bond acceptors (Lipinski definition) is 4. The zero-order valence-electron chi connectivity index (χ0n) is 15.5. The Bertz CT molecular complexity index is 1030. The van der Waals surface area contributed by atoms with Crippen molar-refractivity contribution < 1.29 is 14.3 Å². The molecule has 0 aliphatic carbocycles. The number of fused-ring (bicyclic) bond motifs is 2. The second kappa shape index (κ2) is 7.40. The summed E-state index contributed by atoms with van der Waals surface area (Å²) in [6.07, 6.45) is 0.931. The highest BCUT2D eigenvalue weighted by Gasteiger charge is 2.25. The van der Waals surface area contributed by atoms with Crippen LogP contribution in [0.25, 0.3) is 10.8 Å². The van der Waals surface area contributed by atoms with Crippen LogP contribution >= 0.6 is 11.8 Å². The molecule has 5 rings (SSSR count). The maximum Gasteiger partial charge on any atom is 0.254 e. The molecule has 1 unspecified atom stereocenters. The van der Waals surface area contributed by atoms with Gasteiger partial charge in [0.15, 0.2) is 11.5 Å². The molecule has 3 aromatic rings. The van der Waals surface area contributed by atoms with Crippen LogP contribution in [-0.4, -0.2) is 36.4 Å². The van der Waals surface area contributed by atoms with Crippen LogP contribution in [0.3, 0.4) is 0 Å². The van der Waals surface area contributed by atoms with Gasteiger partial charge in [0.2, 0.25) is 6.79 Å². The van der Waals surface area contributed by atoms with Crippen molar-refractivity contribution in [3.8, 4) is 11.5 Å². The Kier molecular flexibility index (Phi) is 4.61. The van der Waals surface area contributed by atoms with Gasteiger partial charge in [-0.3, -0.25) is 4.79 Å². The van der Waals surface area contributed by atoms with Crippen LogP contribution in [0.2, 0.25) is 0 Å². The molecule has 3 aromatic carbocycles. The molecular weight excluding hydrogens is 370 g/mol. The number of thioether (sulfide) groups is 1. The van der Waals surface area contributed by atoms with Crippen LogP contribution in [0.5, 0.6) is 11.5 Å². The number of hydrogen-bond donors (Lipinski definition) is 0. The van der Waals surface area contributed by atoms with E-state index in [9.17, 15) is 4.79 Å². The van der Waals surface area contributed by atoms with Crippen molar-refractivity contribution in [3.63, 3.8) is 0 Å². The fourth-order valence-electron chi connectivity index (χ4n) is 3.94. The van der Waals surface area contributed by atoms with Gasteiger partial charge in [0.05, 0.1) is 0 Å². The van der Waals surface area contributed by atoms with E-state index in [0.717, 1.165) is 53.1 Å². The van der Waals surface area contributed by atoms with Gasteiger partial charge in [-0.2, -0.15) is 11.8 Å². The summed E-state index contributed by atoms with van der Waals surface area (Å²) in [5.74, 6) is 2.69. The number of carbonyl (C=O) groups excluding carboxylic acids is 1. The molecule has 0 spiro atoms. The summed E-state index contributed by atoms with van der Waals surface area (Å²) < 4.78 is 10.9. The Balaban J connectivity index is 1.35. The van der Waals surface area contributed by atoms with Crippen molar-refractivity contribution in [2.45, 2.75) is 11.7 Å². The number of ether oxygens (including phenoxy) is 2. The summed E-state index contributed by atoms with van der Waals surface area (Å²) in [6.45, 7) is 1.83. The minimum atomic E-state index is 0.128. The molecule has 0 aromatic heterocycles. The highest BCUT2D eigenvalue weighted by Crippen LogP contribution is 2.40. The third kappa shape index (κ3) is 3.20. The molecule has 4 nitrogen and oxygen atoms in total. The minimum absolute atomic E-state index is 0.128. The standard InChI is InChI=1S/C23H21NO3S/c25-23(19-7-3-5-16-4-1-2-6-18(16)19)24-11-10-22(28-13-12-24)17-8-9-20-21(14-17)27-15-26-20/h1-9,14,22H,10-13,15H2. The fourth-order valence-corrected chi connectivity index (χ4v) is 5.16. The molecule has 28 heavy (non-hydrogen) atoms. The van der Waals surface area contributed by atoms with Crippen molar-refractivity contribution in [1.29, 1.82) is 0 Å². The minimum Gasteiger partial charge on any atom is -0.454 e. The normalized spacial score (nSPS) is 18.9. The summed E-state index contributed by atoms with van der Waals surface area (Å²) >= 11 is 1.91. The van der Waals surface area contributed by atoms with Crippen LogP contribution in [0.1, 0.15) is 27.6 Å². The SMILES string of the molecule is O=C(c1cccc2ccccc12)N1CCSC(c2ccc3c(c2)OCO3)CC1. The van der Waals surface area contributed by atoms with E-state index in [2.05, 4.69) is 24.3 Å². The number of carbonyl (C=O) groups is 1. The predicted molar refractivity (Wildman–Crippen MR) is 112 cm³/mol. The zero-order chi connectivity index (χ0) is 18.9. The average molecular weight is 391 g/mol. The maximum atomic E-state index is 13.2. The van der Waals surface area contributed by atoms with Gasteiger partial charge in [-0.1, -0.05) is 42.5 Å². The van der Waals surface area contributed by atoms with Gasteiger partial charge < -0.3 is 14.4 Å². The molecule has 2 heterocycles. The monoisotopic (exact) mass is 391 g/mol. The van der Waals surface area contributed by atoms with E-state index >= 15 is 0 Å². The molecule has 1 amide bonds. The van der Waals surface area contributed by atoms with E-state index in [4.69, 9.17) is 9.47 Å². The lowest BCUT2D eigenvalue weighted by molar-refractivity contribution is 0.0768. The van der Waals surface area contributed by atoms with Crippen LogP contribution in [-0.2, 0) is 0 Å².